The lowest BCUT2D eigenvalue weighted by molar-refractivity contribution is -0.139. The molecule has 0 spiro atoms. The third-order valence-corrected chi connectivity index (χ3v) is 3.04. The molecule has 0 aromatic carbocycles. The van der Waals surface area contributed by atoms with E-state index in [1.807, 2.05) is 0 Å². The van der Waals surface area contributed by atoms with Gasteiger partial charge >= 0.3 is 5.97 Å². The summed E-state index contributed by atoms with van der Waals surface area (Å²) < 4.78 is 5.16. The predicted octanol–water partition coefficient (Wildman–Crippen LogP) is 4.49. The van der Waals surface area contributed by atoms with E-state index in [0.29, 0.717) is 18.1 Å². The van der Waals surface area contributed by atoms with Crippen molar-refractivity contribution in [1.29, 1.82) is 0 Å². The molecule has 0 aliphatic carbocycles. The van der Waals surface area contributed by atoms with E-state index in [4.69, 9.17) is 4.74 Å². The number of unbranched alkanes of at least 4 members (excludes halogenated alkanes) is 2. The minimum Gasteiger partial charge on any atom is -0.462 e. The van der Waals surface area contributed by atoms with Crippen LogP contribution >= 0.6 is 0 Å². The molecule has 0 aromatic rings. The first-order valence-corrected chi connectivity index (χ1v) is 6.94. The summed E-state index contributed by atoms with van der Waals surface area (Å²) in [6.45, 7) is 10.3. The summed E-state index contributed by atoms with van der Waals surface area (Å²) in [6, 6.07) is 0. The molecule has 2 nitrogen and oxygen atoms in total. The maximum Gasteiger partial charge on any atom is 0.333 e. The van der Waals surface area contributed by atoms with Gasteiger partial charge in [0.05, 0.1) is 6.61 Å². The molecule has 17 heavy (non-hydrogen) atoms. The maximum atomic E-state index is 11.2. The monoisotopic (exact) mass is 240 g/mol. The normalized spacial score (nSPS) is 10.6. The van der Waals surface area contributed by atoms with Gasteiger partial charge in [-0.15, -0.1) is 0 Å². The van der Waals surface area contributed by atoms with Gasteiger partial charge < -0.3 is 4.74 Å². The van der Waals surface area contributed by atoms with Crippen molar-refractivity contribution in [2.24, 2.45) is 5.92 Å². The fourth-order valence-corrected chi connectivity index (χ4v) is 1.86. The zero-order valence-corrected chi connectivity index (χ0v) is 11.8. The van der Waals surface area contributed by atoms with Crippen LogP contribution in [0.2, 0.25) is 0 Å². The standard InChI is InChI=1S/C15H28O2/c1-5-7-9-14(10-8-6-2)11-12-17-15(16)13(3)4/h14H,3,5-12H2,1-2,4H3. The first-order chi connectivity index (χ1) is 8.11. The molecule has 0 atom stereocenters. The van der Waals surface area contributed by atoms with Gasteiger partial charge in [0.15, 0.2) is 0 Å². The van der Waals surface area contributed by atoms with Crippen LogP contribution in [0.3, 0.4) is 0 Å². The van der Waals surface area contributed by atoms with Crippen molar-refractivity contribution in [2.75, 3.05) is 6.61 Å². The molecule has 0 saturated carbocycles. The first kappa shape index (κ1) is 16.2. The number of ether oxygens (including phenoxy) is 1. The Labute approximate surface area is 106 Å². The van der Waals surface area contributed by atoms with Gasteiger partial charge in [-0.2, -0.15) is 0 Å². The molecule has 0 radical (unpaired) electrons. The van der Waals surface area contributed by atoms with Crippen LogP contribution in [0.4, 0.5) is 0 Å². The van der Waals surface area contributed by atoms with Gasteiger partial charge in [0.2, 0.25) is 0 Å². The Balaban J connectivity index is 3.81. The van der Waals surface area contributed by atoms with Crippen LogP contribution in [0.5, 0.6) is 0 Å². The second-order valence-electron chi connectivity index (χ2n) is 4.86. The summed E-state index contributed by atoms with van der Waals surface area (Å²) in [7, 11) is 0. The number of hydrogen-bond donors (Lipinski definition) is 0. The Bertz CT molecular complexity index is 213. The van der Waals surface area contributed by atoms with Gasteiger partial charge in [-0.1, -0.05) is 59.0 Å². The van der Waals surface area contributed by atoms with Crippen molar-refractivity contribution < 1.29 is 9.53 Å². The van der Waals surface area contributed by atoms with E-state index in [2.05, 4.69) is 20.4 Å². The van der Waals surface area contributed by atoms with Crippen molar-refractivity contribution in [1.82, 2.24) is 0 Å². The molecule has 0 heterocycles. The molecule has 0 fully saturated rings. The molecule has 0 unspecified atom stereocenters. The molecule has 100 valence electrons. The summed E-state index contributed by atoms with van der Waals surface area (Å²) in [5, 5.41) is 0. The number of hydrogen-bond acceptors (Lipinski definition) is 2. The largest absolute Gasteiger partial charge is 0.462 e. The lowest BCUT2D eigenvalue weighted by Crippen LogP contribution is -2.10. The average Bonchev–Trinajstić information content (AvgIpc) is 2.31. The summed E-state index contributed by atoms with van der Waals surface area (Å²) in [5.41, 5.74) is 0.490. The highest BCUT2D eigenvalue weighted by Gasteiger charge is 2.10. The minimum absolute atomic E-state index is 0.255. The number of rotatable bonds is 10. The van der Waals surface area contributed by atoms with Gasteiger partial charge in [-0.3, -0.25) is 0 Å². The van der Waals surface area contributed by atoms with Crippen LogP contribution in [0.25, 0.3) is 0 Å². The third kappa shape index (κ3) is 8.96. The van der Waals surface area contributed by atoms with Gasteiger partial charge in [-0.05, 0) is 19.3 Å². The topological polar surface area (TPSA) is 26.3 Å². The van der Waals surface area contributed by atoms with Crippen molar-refractivity contribution >= 4 is 5.97 Å². The summed E-state index contributed by atoms with van der Waals surface area (Å²) in [6.07, 6.45) is 8.58. The van der Waals surface area contributed by atoms with E-state index in [1.165, 1.54) is 38.5 Å². The third-order valence-electron chi connectivity index (χ3n) is 3.04. The van der Waals surface area contributed by atoms with E-state index in [0.717, 1.165) is 6.42 Å². The number of esters is 1. The molecule has 0 aliphatic heterocycles. The van der Waals surface area contributed by atoms with E-state index in [9.17, 15) is 4.79 Å². The molecule has 0 saturated heterocycles. The van der Waals surface area contributed by atoms with Crippen LogP contribution in [0, 0.1) is 5.92 Å². The van der Waals surface area contributed by atoms with Crippen molar-refractivity contribution in [3.05, 3.63) is 12.2 Å². The van der Waals surface area contributed by atoms with Crippen molar-refractivity contribution in [3.8, 4) is 0 Å². The summed E-state index contributed by atoms with van der Waals surface area (Å²) in [4.78, 5) is 11.2. The van der Waals surface area contributed by atoms with Gasteiger partial charge in [0.25, 0.3) is 0 Å². The Kier molecular flexibility index (Phi) is 9.89. The molecule has 0 aliphatic rings. The molecule has 0 aromatic heterocycles. The highest BCUT2D eigenvalue weighted by atomic mass is 16.5. The number of carbonyl (C=O) groups excluding carboxylic acids is 1. The van der Waals surface area contributed by atoms with Gasteiger partial charge in [-0.25, -0.2) is 4.79 Å². The SMILES string of the molecule is C=C(C)C(=O)OCCC(CCCC)CCCC. The molecular formula is C15H28O2. The Morgan fingerprint density at radius 2 is 1.65 bits per heavy atom. The van der Waals surface area contributed by atoms with E-state index >= 15 is 0 Å². The molecule has 0 amide bonds. The zero-order valence-electron chi connectivity index (χ0n) is 11.8. The molecular weight excluding hydrogens is 212 g/mol. The fraction of sp³-hybridized carbons (Fsp3) is 0.800. The zero-order chi connectivity index (χ0) is 13.1. The van der Waals surface area contributed by atoms with E-state index in [-0.39, 0.29) is 5.97 Å². The first-order valence-electron chi connectivity index (χ1n) is 6.94. The van der Waals surface area contributed by atoms with Crippen LogP contribution < -0.4 is 0 Å². The van der Waals surface area contributed by atoms with E-state index < -0.39 is 0 Å². The van der Waals surface area contributed by atoms with Crippen LogP contribution in [-0.4, -0.2) is 12.6 Å². The lowest BCUT2D eigenvalue weighted by atomic mass is 9.93. The fourth-order valence-electron chi connectivity index (χ4n) is 1.86. The Morgan fingerprint density at radius 3 is 2.06 bits per heavy atom. The predicted molar refractivity (Wildman–Crippen MR) is 72.9 cm³/mol. The molecule has 0 N–H and O–H groups in total. The van der Waals surface area contributed by atoms with Crippen molar-refractivity contribution in [3.63, 3.8) is 0 Å². The second-order valence-corrected chi connectivity index (χ2v) is 4.86. The quantitative estimate of drug-likeness (QED) is 0.415. The average molecular weight is 240 g/mol. The smallest absolute Gasteiger partial charge is 0.333 e. The Hall–Kier alpha value is -0.790. The molecule has 2 heteroatoms. The molecule has 0 bridgehead atoms. The summed E-state index contributed by atoms with van der Waals surface area (Å²) in [5.74, 6) is 0.461. The lowest BCUT2D eigenvalue weighted by Gasteiger charge is -2.16. The second kappa shape index (κ2) is 10.4. The molecule has 0 rings (SSSR count). The number of carbonyl (C=O) groups is 1. The maximum absolute atomic E-state index is 11.2. The van der Waals surface area contributed by atoms with Crippen molar-refractivity contribution in [2.45, 2.75) is 65.7 Å². The van der Waals surface area contributed by atoms with E-state index in [1.54, 1.807) is 6.92 Å². The van der Waals surface area contributed by atoms with Gasteiger partial charge in [0, 0.05) is 5.57 Å². The van der Waals surface area contributed by atoms with Crippen LogP contribution in [0.15, 0.2) is 12.2 Å². The minimum atomic E-state index is -0.255. The highest BCUT2D eigenvalue weighted by Crippen LogP contribution is 2.19. The highest BCUT2D eigenvalue weighted by molar-refractivity contribution is 5.86. The summed E-state index contributed by atoms with van der Waals surface area (Å²) >= 11 is 0. The Morgan fingerprint density at radius 1 is 1.12 bits per heavy atom. The van der Waals surface area contributed by atoms with Gasteiger partial charge in [0.1, 0.15) is 0 Å². The van der Waals surface area contributed by atoms with Crippen LogP contribution in [-0.2, 0) is 9.53 Å². The van der Waals surface area contributed by atoms with Crippen LogP contribution in [0.1, 0.15) is 65.7 Å².